The molecule has 3 aromatic rings. The summed E-state index contributed by atoms with van der Waals surface area (Å²) in [6.45, 7) is 4.29. The molecule has 168 valence electrons. The summed E-state index contributed by atoms with van der Waals surface area (Å²) in [7, 11) is -2.57. The molecule has 0 N–H and O–H groups in total. The van der Waals surface area contributed by atoms with Crippen LogP contribution in [0.25, 0.3) is 11.1 Å². The van der Waals surface area contributed by atoms with Gasteiger partial charge < -0.3 is 4.74 Å². The predicted octanol–water partition coefficient (Wildman–Crippen LogP) is 5.70. The third-order valence-corrected chi connectivity index (χ3v) is 7.26. The lowest BCUT2D eigenvalue weighted by molar-refractivity contribution is 0.0599. The number of nitrogens with zero attached hydrogens (tertiary/aromatic N) is 1. The first-order valence-electron chi connectivity index (χ1n) is 10.8. The summed E-state index contributed by atoms with van der Waals surface area (Å²) in [6.07, 6.45) is 2.18. The lowest BCUT2D eigenvalue weighted by atomic mass is 10.1. The fourth-order valence-electron chi connectivity index (χ4n) is 3.59. The van der Waals surface area contributed by atoms with Crippen molar-refractivity contribution in [2.24, 2.45) is 0 Å². The highest BCUT2D eigenvalue weighted by Crippen LogP contribution is 2.29. The molecule has 0 aliphatic heterocycles. The number of anilines is 1. The van der Waals surface area contributed by atoms with Crippen LogP contribution in [0.5, 0.6) is 0 Å². The van der Waals surface area contributed by atoms with Crippen molar-refractivity contribution in [3.8, 4) is 11.1 Å². The zero-order chi connectivity index (χ0) is 23.1. The number of hydrogen-bond acceptors (Lipinski definition) is 4. The maximum Gasteiger partial charge on any atom is 0.338 e. The Kier molecular flexibility index (Phi) is 7.70. The van der Waals surface area contributed by atoms with Crippen molar-refractivity contribution in [3.05, 3.63) is 83.9 Å². The summed E-state index contributed by atoms with van der Waals surface area (Å²) in [5.74, 6) is -0.536. The largest absolute Gasteiger partial charge is 0.465 e. The average Bonchev–Trinajstić information content (AvgIpc) is 2.84. The molecule has 0 aliphatic rings. The predicted molar refractivity (Wildman–Crippen MR) is 128 cm³/mol. The smallest absolute Gasteiger partial charge is 0.338 e. The maximum atomic E-state index is 13.6. The first-order chi connectivity index (χ1) is 15.4. The second kappa shape index (κ2) is 10.5. The van der Waals surface area contributed by atoms with Gasteiger partial charge in [0, 0.05) is 6.54 Å². The van der Waals surface area contributed by atoms with Crippen LogP contribution in [0.2, 0.25) is 0 Å². The number of hydrogen-bond donors (Lipinski definition) is 0. The second-order valence-electron chi connectivity index (χ2n) is 7.51. The van der Waals surface area contributed by atoms with Gasteiger partial charge in [0.25, 0.3) is 10.0 Å². The van der Waals surface area contributed by atoms with E-state index in [1.165, 1.54) is 17.5 Å². The van der Waals surface area contributed by atoms with Crippen molar-refractivity contribution in [3.63, 3.8) is 0 Å². The minimum Gasteiger partial charge on any atom is -0.465 e. The van der Waals surface area contributed by atoms with Gasteiger partial charge in [0.15, 0.2) is 0 Å². The van der Waals surface area contributed by atoms with Gasteiger partial charge in [0.1, 0.15) is 0 Å². The van der Waals surface area contributed by atoms with Crippen LogP contribution in [-0.4, -0.2) is 28.0 Å². The molecule has 0 bridgehead atoms. The van der Waals surface area contributed by atoms with Crippen LogP contribution < -0.4 is 4.31 Å². The van der Waals surface area contributed by atoms with Gasteiger partial charge in [0.2, 0.25) is 0 Å². The Labute approximate surface area is 190 Å². The summed E-state index contributed by atoms with van der Waals surface area (Å²) in [5, 5.41) is 0. The van der Waals surface area contributed by atoms with Crippen LogP contribution in [0, 0.1) is 0 Å². The number of carbonyl (C=O) groups excluding carboxylic acids is 1. The quantitative estimate of drug-likeness (QED) is 0.392. The molecule has 6 heteroatoms. The van der Waals surface area contributed by atoms with Crippen LogP contribution in [-0.2, 0) is 21.2 Å². The lowest BCUT2D eigenvalue weighted by Gasteiger charge is -2.25. The van der Waals surface area contributed by atoms with Gasteiger partial charge >= 0.3 is 5.97 Å². The summed E-state index contributed by atoms with van der Waals surface area (Å²) < 4.78 is 33.5. The third-order valence-electron chi connectivity index (χ3n) is 5.43. The zero-order valence-electron chi connectivity index (χ0n) is 18.7. The first-order valence-corrected chi connectivity index (χ1v) is 12.3. The molecule has 0 amide bonds. The fraction of sp³-hybridized carbons (Fsp3) is 0.269. The number of ether oxygens (including phenoxy) is 1. The molecule has 5 nitrogen and oxygen atoms in total. The van der Waals surface area contributed by atoms with Crippen LogP contribution in [0.3, 0.4) is 0 Å². The number of esters is 1. The topological polar surface area (TPSA) is 63.7 Å². The van der Waals surface area contributed by atoms with Gasteiger partial charge in [-0.15, -0.1) is 0 Å². The van der Waals surface area contributed by atoms with Crippen molar-refractivity contribution in [1.29, 1.82) is 0 Å². The molecule has 0 atom stereocenters. The van der Waals surface area contributed by atoms with Crippen molar-refractivity contribution in [1.82, 2.24) is 0 Å². The third kappa shape index (κ3) is 5.02. The first kappa shape index (κ1) is 23.5. The highest BCUT2D eigenvalue weighted by Gasteiger charge is 2.26. The second-order valence-corrected chi connectivity index (χ2v) is 9.37. The molecule has 0 radical (unpaired) electrons. The molecule has 32 heavy (non-hydrogen) atoms. The normalized spacial score (nSPS) is 11.2. The molecule has 0 spiro atoms. The molecule has 0 heterocycles. The number of benzene rings is 3. The van der Waals surface area contributed by atoms with Gasteiger partial charge in [-0.2, -0.15) is 0 Å². The van der Waals surface area contributed by atoms with Gasteiger partial charge in [-0.1, -0.05) is 68.8 Å². The van der Waals surface area contributed by atoms with E-state index >= 15 is 0 Å². The lowest BCUT2D eigenvalue weighted by Crippen LogP contribution is -2.32. The Bertz CT molecular complexity index is 1160. The van der Waals surface area contributed by atoms with E-state index in [2.05, 4.69) is 0 Å². The molecule has 0 fully saturated rings. The molecule has 0 aliphatic carbocycles. The van der Waals surface area contributed by atoms with E-state index in [-0.39, 0.29) is 10.5 Å². The molecule has 0 aromatic heterocycles. The van der Waals surface area contributed by atoms with Crippen LogP contribution in [0.15, 0.2) is 77.7 Å². The summed E-state index contributed by atoms with van der Waals surface area (Å²) >= 11 is 0. The van der Waals surface area contributed by atoms with Gasteiger partial charge in [-0.05, 0) is 53.8 Å². The number of sulfonamides is 1. The number of methoxy groups -OCH3 is 1. The van der Waals surface area contributed by atoms with E-state index in [1.807, 2.05) is 68.4 Å². The van der Waals surface area contributed by atoms with Crippen LogP contribution in [0.4, 0.5) is 5.69 Å². The minimum atomic E-state index is -3.87. The summed E-state index contributed by atoms with van der Waals surface area (Å²) in [5.41, 5.74) is 3.72. The molecule has 0 saturated heterocycles. The Balaban J connectivity index is 2.02. The summed E-state index contributed by atoms with van der Waals surface area (Å²) in [4.78, 5) is 12.3. The molecule has 3 aromatic carbocycles. The minimum absolute atomic E-state index is 0.0818. The molecular formula is C26H29NO4S. The Hall–Kier alpha value is -3.12. The molecule has 3 rings (SSSR count). The monoisotopic (exact) mass is 451 g/mol. The number of unbranched alkanes of at least 4 members (excludes halogenated alkanes) is 1. The van der Waals surface area contributed by atoms with Crippen LogP contribution in [0.1, 0.15) is 42.6 Å². The standard InChI is InChI=1S/C26H29NO4S/c1-4-6-18-27(23-15-12-22(13-16-23)21-10-8-7-9-11-21)32(29,30)24-17-14-20(5-2)25(19-24)26(28)31-3/h7-17,19H,4-6,18H2,1-3H3. The SMILES string of the molecule is CCCCN(c1ccc(-c2ccccc2)cc1)S(=O)(=O)c1ccc(CC)c(C(=O)OC)c1. The number of aryl methyl sites for hydroxylation is 1. The highest BCUT2D eigenvalue weighted by molar-refractivity contribution is 7.92. The highest BCUT2D eigenvalue weighted by atomic mass is 32.2. The van der Waals surface area contributed by atoms with E-state index in [4.69, 9.17) is 4.74 Å². The van der Waals surface area contributed by atoms with E-state index in [0.717, 1.165) is 29.5 Å². The van der Waals surface area contributed by atoms with E-state index in [1.54, 1.807) is 12.1 Å². The molecule has 0 saturated carbocycles. The summed E-state index contributed by atoms with van der Waals surface area (Å²) in [6, 6.07) is 22.1. The zero-order valence-corrected chi connectivity index (χ0v) is 19.6. The molecule has 0 unspecified atom stereocenters. The van der Waals surface area contributed by atoms with Crippen molar-refractivity contribution < 1.29 is 17.9 Å². The van der Waals surface area contributed by atoms with Crippen molar-refractivity contribution in [2.75, 3.05) is 18.0 Å². The van der Waals surface area contributed by atoms with Crippen LogP contribution >= 0.6 is 0 Å². The van der Waals surface area contributed by atoms with E-state index < -0.39 is 16.0 Å². The maximum absolute atomic E-state index is 13.6. The van der Waals surface area contributed by atoms with Crippen molar-refractivity contribution in [2.45, 2.75) is 38.0 Å². The Morgan fingerprint density at radius 2 is 1.56 bits per heavy atom. The number of rotatable bonds is 9. The average molecular weight is 452 g/mol. The Morgan fingerprint density at radius 3 is 2.16 bits per heavy atom. The number of carbonyl (C=O) groups is 1. The van der Waals surface area contributed by atoms with E-state index in [9.17, 15) is 13.2 Å². The van der Waals surface area contributed by atoms with E-state index in [0.29, 0.717) is 18.7 Å². The Morgan fingerprint density at radius 1 is 0.906 bits per heavy atom. The van der Waals surface area contributed by atoms with Crippen molar-refractivity contribution >= 4 is 21.7 Å². The van der Waals surface area contributed by atoms with Gasteiger partial charge in [-0.25, -0.2) is 13.2 Å². The fourth-order valence-corrected chi connectivity index (χ4v) is 5.12. The van der Waals surface area contributed by atoms with Gasteiger partial charge in [0.05, 0.1) is 23.3 Å². The molecular weight excluding hydrogens is 422 g/mol. The van der Waals surface area contributed by atoms with Gasteiger partial charge in [-0.3, -0.25) is 4.31 Å².